The Morgan fingerprint density at radius 3 is 2.37 bits per heavy atom. The number of hydrogen-bond donors (Lipinski definition) is 2. The highest BCUT2D eigenvalue weighted by atomic mass is 16.5. The minimum atomic E-state index is -0.539. The lowest BCUT2D eigenvalue weighted by molar-refractivity contribution is -0.117. The molecule has 0 saturated heterocycles. The number of amides is 1. The van der Waals surface area contributed by atoms with Crippen LogP contribution in [0.4, 0.5) is 5.69 Å². The van der Waals surface area contributed by atoms with Crippen molar-refractivity contribution in [1.82, 2.24) is 20.6 Å². The summed E-state index contributed by atoms with van der Waals surface area (Å²) in [4.78, 5) is 12.9. The molecule has 0 saturated carbocycles. The highest BCUT2D eigenvalue weighted by molar-refractivity contribution is 5.95. The van der Waals surface area contributed by atoms with Crippen molar-refractivity contribution < 1.29 is 9.53 Å². The van der Waals surface area contributed by atoms with E-state index in [-0.39, 0.29) is 5.91 Å². The van der Waals surface area contributed by atoms with Crippen molar-refractivity contribution in [3.8, 4) is 5.75 Å². The van der Waals surface area contributed by atoms with E-state index in [1.54, 1.807) is 0 Å². The minimum absolute atomic E-state index is 0.180. The lowest BCUT2D eigenvalue weighted by Gasteiger charge is -2.14. The SMILES string of the molecule is CCOc1ccc(NC(=O)[C@H](Cc2ccc(CC)cc2)c2nn[nH]n2)cc1. The first-order chi connectivity index (χ1) is 13.2. The van der Waals surface area contributed by atoms with E-state index in [1.165, 1.54) is 5.56 Å². The summed E-state index contributed by atoms with van der Waals surface area (Å²) in [7, 11) is 0. The predicted octanol–water partition coefficient (Wildman–Crippen LogP) is 3.13. The number of anilines is 1. The molecule has 7 heteroatoms. The summed E-state index contributed by atoms with van der Waals surface area (Å²) in [6, 6.07) is 15.5. The molecule has 0 aliphatic heterocycles. The molecular weight excluding hydrogens is 342 g/mol. The van der Waals surface area contributed by atoms with Gasteiger partial charge in [-0.05, 0) is 55.2 Å². The Balaban J connectivity index is 1.74. The first-order valence-electron chi connectivity index (χ1n) is 9.04. The zero-order valence-corrected chi connectivity index (χ0v) is 15.5. The van der Waals surface area contributed by atoms with Gasteiger partial charge in [0.25, 0.3) is 0 Å². The lowest BCUT2D eigenvalue weighted by Crippen LogP contribution is -2.24. The van der Waals surface area contributed by atoms with Crippen LogP contribution in [-0.4, -0.2) is 33.1 Å². The number of tetrazole rings is 1. The van der Waals surface area contributed by atoms with Crippen molar-refractivity contribution in [2.24, 2.45) is 0 Å². The molecule has 1 amide bonds. The molecule has 0 unspecified atom stereocenters. The summed E-state index contributed by atoms with van der Waals surface area (Å²) in [5, 5.41) is 17.0. The second kappa shape index (κ2) is 8.93. The van der Waals surface area contributed by atoms with Gasteiger partial charge in [0, 0.05) is 5.69 Å². The number of carbonyl (C=O) groups excluding carboxylic acids is 1. The fourth-order valence-electron chi connectivity index (χ4n) is 2.80. The molecule has 27 heavy (non-hydrogen) atoms. The maximum atomic E-state index is 12.9. The molecular formula is C20H23N5O2. The monoisotopic (exact) mass is 365 g/mol. The van der Waals surface area contributed by atoms with Crippen molar-refractivity contribution in [2.45, 2.75) is 32.6 Å². The molecule has 140 valence electrons. The zero-order valence-electron chi connectivity index (χ0n) is 15.5. The van der Waals surface area contributed by atoms with Crippen molar-refractivity contribution in [2.75, 3.05) is 11.9 Å². The second-order valence-electron chi connectivity index (χ2n) is 6.14. The first kappa shape index (κ1) is 18.6. The van der Waals surface area contributed by atoms with Gasteiger partial charge in [0.2, 0.25) is 5.91 Å². The van der Waals surface area contributed by atoms with Gasteiger partial charge in [-0.2, -0.15) is 5.21 Å². The van der Waals surface area contributed by atoms with Gasteiger partial charge in [0.1, 0.15) is 11.7 Å². The van der Waals surface area contributed by atoms with Gasteiger partial charge < -0.3 is 10.1 Å². The van der Waals surface area contributed by atoms with Crippen molar-refractivity contribution in [3.05, 3.63) is 65.5 Å². The van der Waals surface area contributed by atoms with Crippen LogP contribution in [0, 0.1) is 0 Å². The van der Waals surface area contributed by atoms with Crippen molar-refractivity contribution >= 4 is 11.6 Å². The fraction of sp³-hybridized carbons (Fsp3) is 0.300. The smallest absolute Gasteiger partial charge is 0.235 e. The third kappa shape index (κ3) is 4.91. The van der Waals surface area contributed by atoms with Crippen LogP contribution in [-0.2, 0) is 17.6 Å². The molecule has 3 rings (SSSR count). The summed E-state index contributed by atoms with van der Waals surface area (Å²) in [5.41, 5.74) is 3.00. The van der Waals surface area contributed by atoms with Gasteiger partial charge in [0.05, 0.1) is 6.61 Å². The van der Waals surface area contributed by atoms with E-state index in [0.717, 1.165) is 17.7 Å². The average Bonchev–Trinajstić information content (AvgIpc) is 3.22. The number of benzene rings is 2. The van der Waals surface area contributed by atoms with E-state index in [2.05, 4.69) is 45.0 Å². The number of rotatable bonds is 8. The molecule has 1 aromatic heterocycles. The van der Waals surface area contributed by atoms with Crippen LogP contribution in [0.2, 0.25) is 0 Å². The van der Waals surface area contributed by atoms with Gasteiger partial charge >= 0.3 is 0 Å². The molecule has 2 N–H and O–H groups in total. The van der Waals surface area contributed by atoms with Crippen molar-refractivity contribution in [1.29, 1.82) is 0 Å². The van der Waals surface area contributed by atoms with Crippen molar-refractivity contribution in [3.63, 3.8) is 0 Å². The van der Waals surface area contributed by atoms with Gasteiger partial charge in [0.15, 0.2) is 5.82 Å². The quantitative estimate of drug-likeness (QED) is 0.640. The number of aryl methyl sites for hydroxylation is 1. The first-order valence-corrected chi connectivity index (χ1v) is 9.04. The largest absolute Gasteiger partial charge is 0.494 e. The molecule has 2 aromatic carbocycles. The third-order valence-electron chi connectivity index (χ3n) is 4.29. The predicted molar refractivity (Wildman–Crippen MR) is 103 cm³/mol. The number of H-pyrrole nitrogens is 1. The Morgan fingerprint density at radius 2 is 1.78 bits per heavy atom. The van der Waals surface area contributed by atoms with Crippen LogP contribution in [0.5, 0.6) is 5.75 Å². The Labute approximate surface area is 158 Å². The van der Waals surface area contributed by atoms with Crippen LogP contribution in [0.3, 0.4) is 0 Å². The summed E-state index contributed by atoms with van der Waals surface area (Å²) in [5.74, 6) is 0.419. The Hall–Kier alpha value is -3.22. The fourth-order valence-corrected chi connectivity index (χ4v) is 2.80. The van der Waals surface area contributed by atoms with Crippen LogP contribution >= 0.6 is 0 Å². The molecule has 1 atom stereocenters. The van der Waals surface area contributed by atoms with E-state index >= 15 is 0 Å². The molecule has 0 aliphatic carbocycles. The van der Waals surface area contributed by atoms with Crippen LogP contribution in [0.1, 0.15) is 36.7 Å². The number of carbonyl (C=O) groups is 1. The Morgan fingerprint density at radius 1 is 1.07 bits per heavy atom. The maximum absolute atomic E-state index is 12.9. The number of nitrogens with one attached hydrogen (secondary N) is 2. The minimum Gasteiger partial charge on any atom is -0.494 e. The summed E-state index contributed by atoms with van der Waals surface area (Å²) >= 11 is 0. The highest BCUT2D eigenvalue weighted by Crippen LogP contribution is 2.22. The maximum Gasteiger partial charge on any atom is 0.235 e. The van der Waals surface area contributed by atoms with E-state index in [0.29, 0.717) is 24.5 Å². The van der Waals surface area contributed by atoms with Gasteiger partial charge in [-0.3, -0.25) is 4.79 Å². The molecule has 0 fully saturated rings. The number of aromatic nitrogens is 4. The molecule has 0 spiro atoms. The van der Waals surface area contributed by atoms with Crippen LogP contribution < -0.4 is 10.1 Å². The van der Waals surface area contributed by atoms with E-state index in [9.17, 15) is 4.79 Å². The number of aromatic amines is 1. The Bertz CT molecular complexity index is 845. The topological polar surface area (TPSA) is 92.8 Å². The average molecular weight is 365 g/mol. The van der Waals surface area contributed by atoms with Gasteiger partial charge in [-0.25, -0.2) is 0 Å². The molecule has 3 aromatic rings. The van der Waals surface area contributed by atoms with Crippen LogP contribution in [0.25, 0.3) is 0 Å². The number of hydrogen-bond acceptors (Lipinski definition) is 5. The summed E-state index contributed by atoms with van der Waals surface area (Å²) < 4.78 is 5.42. The Kier molecular flexibility index (Phi) is 6.14. The van der Waals surface area contributed by atoms with E-state index in [1.807, 2.05) is 43.3 Å². The van der Waals surface area contributed by atoms with Gasteiger partial charge in [-0.15, -0.1) is 10.2 Å². The standard InChI is InChI=1S/C20H23N5O2/c1-3-14-5-7-15(8-6-14)13-18(19-22-24-25-23-19)20(26)21-16-9-11-17(12-10-16)27-4-2/h5-12,18H,3-4,13H2,1-2H3,(H,21,26)(H,22,23,24,25)/t18-/m1/s1. The number of nitrogens with zero attached hydrogens (tertiary/aromatic N) is 3. The second-order valence-corrected chi connectivity index (χ2v) is 6.14. The van der Waals surface area contributed by atoms with E-state index < -0.39 is 5.92 Å². The normalized spacial score (nSPS) is 11.8. The highest BCUT2D eigenvalue weighted by Gasteiger charge is 2.25. The third-order valence-corrected chi connectivity index (χ3v) is 4.29. The molecule has 0 aliphatic rings. The summed E-state index contributed by atoms with van der Waals surface area (Å²) in [6.45, 7) is 4.64. The van der Waals surface area contributed by atoms with Gasteiger partial charge in [-0.1, -0.05) is 36.4 Å². The lowest BCUT2D eigenvalue weighted by atomic mass is 9.96. The molecule has 7 nitrogen and oxygen atoms in total. The molecule has 1 heterocycles. The molecule has 0 bridgehead atoms. The van der Waals surface area contributed by atoms with Crippen LogP contribution in [0.15, 0.2) is 48.5 Å². The number of ether oxygens (including phenoxy) is 1. The summed E-state index contributed by atoms with van der Waals surface area (Å²) in [6.07, 6.45) is 1.47. The molecule has 0 radical (unpaired) electrons. The van der Waals surface area contributed by atoms with E-state index in [4.69, 9.17) is 4.74 Å². The zero-order chi connectivity index (χ0) is 19.1.